The van der Waals surface area contributed by atoms with Crippen molar-refractivity contribution in [3.63, 3.8) is 0 Å². The second-order valence-corrected chi connectivity index (χ2v) is 3.50. The summed E-state index contributed by atoms with van der Waals surface area (Å²) in [7, 11) is 0. The van der Waals surface area contributed by atoms with Crippen molar-refractivity contribution >= 4 is 11.6 Å². The zero-order valence-corrected chi connectivity index (χ0v) is 9.54. The summed E-state index contributed by atoms with van der Waals surface area (Å²) in [6.45, 7) is 6.31. The lowest BCUT2D eigenvalue weighted by Crippen LogP contribution is -2.18. The van der Waals surface area contributed by atoms with E-state index in [-0.39, 0.29) is 0 Å². The molecule has 1 rings (SSSR count). The maximum absolute atomic E-state index is 5.39. The summed E-state index contributed by atoms with van der Waals surface area (Å²) in [5.41, 5.74) is 3.62. The first-order chi connectivity index (χ1) is 7.22. The molecule has 4 N–H and O–H groups in total. The van der Waals surface area contributed by atoms with E-state index in [2.05, 4.69) is 41.5 Å². The molecule has 1 atom stereocenters. The van der Waals surface area contributed by atoms with Crippen molar-refractivity contribution in [3.05, 3.63) is 11.9 Å². The Balaban J connectivity index is 2.95. The molecule has 0 bridgehead atoms. The molecule has 0 aliphatic rings. The predicted octanol–water partition coefficient (Wildman–Crippen LogP) is 1.53. The van der Waals surface area contributed by atoms with Crippen LogP contribution in [0.3, 0.4) is 0 Å². The first-order valence-corrected chi connectivity index (χ1v) is 5.29. The summed E-state index contributed by atoms with van der Waals surface area (Å²) >= 11 is 0. The van der Waals surface area contributed by atoms with Crippen LogP contribution in [0, 0.1) is 0 Å². The number of rotatable bonds is 5. The van der Waals surface area contributed by atoms with E-state index in [0.29, 0.717) is 11.9 Å². The zero-order valence-electron chi connectivity index (χ0n) is 9.54. The number of hydrogen-bond donors (Lipinski definition) is 3. The molecule has 84 valence electrons. The quantitative estimate of drug-likeness (QED) is 0.506. The van der Waals surface area contributed by atoms with Crippen LogP contribution >= 0.6 is 0 Å². The fourth-order valence-electron chi connectivity index (χ4n) is 1.33. The Hall–Kier alpha value is -1.36. The first-order valence-electron chi connectivity index (χ1n) is 5.29. The zero-order chi connectivity index (χ0) is 11.3. The molecule has 1 unspecified atom stereocenters. The highest BCUT2D eigenvalue weighted by molar-refractivity contribution is 5.57. The average Bonchev–Trinajstić information content (AvgIpc) is 2.28. The molecule has 1 heterocycles. The fourth-order valence-corrected chi connectivity index (χ4v) is 1.33. The lowest BCUT2D eigenvalue weighted by atomic mass is 10.2. The molecule has 5 nitrogen and oxygen atoms in total. The number of hydrogen-bond acceptors (Lipinski definition) is 5. The molecule has 0 saturated heterocycles. The third-order valence-corrected chi connectivity index (χ3v) is 2.43. The van der Waals surface area contributed by atoms with Gasteiger partial charge in [0.15, 0.2) is 0 Å². The summed E-state index contributed by atoms with van der Waals surface area (Å²) in [5.74, 6) is 6.95. The Morgan fingerprint density at radius 2 is 2.00 bits per heavy atom. The normalized spacial score (nSPS) is 12.3. The van der Waals surface area contributed by atoms with Crippen molar-refractivity contribution in [2.75, 3.05) is 10.7 Å². The van der Waals surface area contributed by atoms with E-state index in [9.17, 15) is 0 Å². The Morgan fingerprint density at radius 3 is 2.53 bits per heavy atom. The molecule has 5 heteroatoms. The van der Waals surface area contributed by atoms with Gasteiger partial charge < -0.3 is 10.7 Å². The van der Waals surface area contributed by atoms with Gasteiger partial charge >= 0.3 is 0 Å². The van der Waals surface area contributed by atoms with Crippen LogP contribution in [0.5, 0.6) is 0 Å². The van der Waals surface area contributed by atoms with E-state index in [0.717, 1.165) is 24.2 Å². The van der Waals surface area contributed by atoms with Gasteiger partial charge in [-0.25, -0.2) is 15.8 Å². The summed E-state index contributed by atoms with van der Waals surface area (Å²) in [4.78, 5) is 8.30. The molecular formula is C10H19N5. The minimum Gasteiger partial charge on any atom is -0.367 e. The monoisotopic (exact) mass is 209 g/mol. The van der Waals surface area contributed by atoms with Crippen molar-refractivity contribution in [1.29, 1.82) is 0 Å². The van der Waals surface area contributed by atoms with Gasteiger partial charge in [-0.15, -0.1) is 0 Å². The highest BCUT2D eigenvalue weighted by atomic mass is 15.3. The highest BCUT2D eigenvalue weighted by Crippen LogP contribution is 2.20. The molecule has 0 aliphatic heterocycles. The number of nitrogens with one attached hydrogen (secondary N) is 2. The summed E-state index contributed by atoms with van der Waals surface area (Å²) in [6, 6.07) is 0.399. The predicted molar refractivity (Wildman–Crippen MR) is 62.6 cm³/mol. The lowest BCUT2D eigenvalue weighted by molar-refractivity contribution is 0.755. The standard InChI is InChI=1S/C10H19N5/c1-4-7(3)14-9-8(5-2)10(15-11)13-6-12-9/h6-7H,4-5,11H2,1-3H3,(H2,12,13,14,15). The van der Waals surface area contributed by atoms with Gasteiger partial charge in [-0.1, -0.05) is 13.8 Å². The first kappa shape index (κ1) is 11.7. The minimum atomic E-state index is 0.399. The Morgan fingerprint density at radius 1 is 1.33 bits per heavy atom. The molecule has 0 aliphatic carbocycles. The van der Waals surface area contributed by atoms with Gasteiger partial charge in [0, 0.05) is 11.6 Å². The second-order valence-electron chi connectivity index (χ2n) is 3.50. The van der Waals surface area contributed by atoms with Gasteiger partial charge in [-0.3, -0.25) is 0 Å². The third-order valence-electron chi connectivity index (χ3n) is 2.43. The summed E-state index contributed by atoms with van der Waals surface area (Å²) < 4.78 is 0. The van der Waals surface area contributed by atoms with Crippen molar-refractivity contribution in [3.8, 4) is 0 Å². The van der Waals surface area contributed by atoms with Crippen LogP contribution in [0.15, 0.2) is 6.33 Å². The number of nitrogens with two attached hydrogens (primary N) is 1. The summed E-state index contributed by atoms with van der Waals surface area (Å²) in [6.07, 6.45) is 3.41. The molecule has 1 aromatic rings. The van der Waals surface area contributed by atoms with Crippen LogP contribution in [0.1, 0.15) is 32.8 Å². The van der Waals surface area contributed by atoms with E-state index < -0.39 is 0 Å². The van der Waals surface area contributed by atoms with Crippen molar-refractivity contribution < 1.29 is 0 Å². The number of nitrogen functional groups attached to an aromatic ring is 1. The van der Waals surface area contributed by atoms with Gasteiger partial charge in [-0.05, 0) is 19.8 Å². The van der Waals surface area contributed by atoms with Gasteiger partial charge in [0.2, 0.25) is 0 Å². The Bertz CT molecular complexity index is 313. The molecule has 0 radical (unpaired) electrons. The van der Waals surface area contributed by atoms with Crippen LogP contribution in [0.4, 0.5) is 11.6 Å². The van der Waals surface area contributed by atoms with Gasteiger partial charge in [0.05, 0.1) is 0 Å². The van der Waals surface area contributed by atoms with Crippen LogP contribution in [0.2, 0.25) is 0 Å². The van der Waals surface area contributed by atoms with Crippen LogP contribution < -0.4 is 16.6 Å². The number of hydrazine groups is 1. The van der Waals surface area contributed by atoms with Crippen LogP contribution in [0.25, 0.3) is 0 Å². The Labute approximate surface area is 90.5 Å². The topological polar surface area (TPSA) is 75.9 Å². The molecule has 1 aromatic heterocycles. The third kappa shape index (κ3) is 2.79. The molecule has 0 aromatic carbocycles. The lowest BCUT2D eigenvalue weighted by Gasteiger charge is -2.16. The maximum atomic E-state index is 5.39. The van der Waals surface area contributed by atoms with Gasteiger partial charge in [0.25, 0.3) is 0 Å². The number of nitrogens with zero attached hydrogens (tertiary/aromatic N) is 2. The van der Waals surface area contributed by atoms with Crippen LogP contribution in [-0.2, 0) is 6.42 Å². The van der Waals surface area contributed by atoms with E-state index in [1.165, 1.54) is 6.33 Å². The minimum absolute atomic E-state index is 0.399. The largest absolute Gasteiger partial charge is 0.367 e. The molecular weight excluding hydrogens is 190 g/mol. The van der Waals surface area contributed by atoms with E-state index >= 15 is 0 Å². The highest BCUT2D eigenvalue weighted by Gasteiger charge is 2.09. The molecule has 0 fully saturated rings. The SMILES string of the molecule is CCc1c(NN)ncnc1NC(C)CC. The van der Waals surface area contributed by atoms with Crippen molar-refractivity contribution in [1.82, 2.24) is 9.97 Å². The molecule has 0 amide bonds. The molecule has 0 saturated carbocycles. The van der Waals surface area contributed by atoms with E-state index in [1.54, 1.807) is 0 Å². The smallest absolute Gasteiger partial charge is 0.148 e. The second kappa shape index (κ2) is 5.50. The summed E-state index contributed by atoms with van der Waals surface area (Å²) in [5, 5.41) is 3.34. The van der Waals surface area contributed by atoms with Crippen molar-refractivity contribution in [2.45, 2.75) is 39.7 Å². The number of aromatic nitrogens is 2. The average molecular weight is 209 g/mol. The Kier molecular flexibility index (Phi) is 4.30. The maximum Gasteiger partial charge on any atom is 0.148 e. The van der Waals surface area contributed by atoms with Gasteiger partial charge in [0.1, 0.15) is 18.0 Å². The molecule has 0 spiro atoms. The molecule has 15 heavy (non-hydrogen) atoms. The number of anilines is 2. The van der Waals surface area contributed by atoms with Gasteiger partial charge in [-0.2, -0.15) is 0 Å². The fraction of sp³-hybridized carbons (Fsp3) is 0.600. The van der Waals surface area contributed by atoms with E-state index in [4.69, 9.17) is 5.84 Å². The van der Waals surface area contributed by atoms with Crippen molar-refractivity contribution in [2.24, 2.45) is 5.84 Å². The van der Waals surface area contributed by atoms with Crippen LogP contribution in [-0.4, -0.2) is 16.0 Å². The van der Waals surface area contributed by atoms with E-state index in [1.807, 2.05) is 0 Å².